The van der Waals surface area contributed by atoms with Crippen molar-refractivity contribution in [1.82, 2.24) is 5.32 Å². The molecular formula is C13H25N. The Balaban J connectivity index is 2.05. The molecule has 14 heavy (non-hydrogen) atoms. The summed E-state index contributed by atoms with van der Waals surface area (Å²) in [6.07, 6.45) is 11.8. The van der Waals surface area contributed by atoms with Crippen molar-refractivity contribution in [3.8, 4) is 0 Å². The first-order chi connectivity index (χ1) is 6.83. The average Bonchev–Trinajstić information content (AvgIpc) is 2.20. The average molecular weight is 195 g/mol. The molecule has 0 aliphatic heterocycles. The molecule has 1 atom stereocenters. The van der Waals surface area contributed by atoms with E-state index in [9.17, 15) is 0 Å². The highest BCUT2D eigenvalue weighted by atomic mass is 14.9. The van der Waals surface area contributed by atoms with Crippen LogP contribution in [0.4, 0.5) is 0 Å². The zero-order valence-electron chi connectivity index (χ0n) is 9.81. The fraction of sp³-hybridized carbons (Fsp3) is 0.846. The first kappa shape index (κ1) is 11.8. The Bertz CT molecular complexity index is 172. The summed E-state index contributed by atoms with van der Waals surface area (Å²) < 4.78 is 0. The molecule has 1 aliphatic carbocycles. The van der Waals surface area contributed by atoms with Crippen LogP contribution < -0.4 is 5.32 Å². The molecule has 1 unspecified atom stereocenters. The van der Waals surface area contributed by atoms with Crippen LogP contribution in [0.3, 0.4) is 0 Å². The van der Waals surface area contributed by atoms with Crippen LogP contribution in [0.1, 0.15) is 58.8 Å². The van der Waals surface area contributed by atoms with Crippen molar-refractivity contribution in [2.24, 2.45) is 0 Å². The van der Waals surface area contributed by atoms with Crippen LogP contribution in [0.25, 0.3) is 0 Å². The van der Waals surface area contributed by atoms with Crippen LogP contribution in [0, 0.1) is 0 Å². The zero-order valence-corrected chi connectivity index (χ0v) is 9.81. The number of hydrogen-bond acceptors (Lipinski definition) is 1. The molecule has 0 aromatic heterocycles. The number of nitrogens with one attached hydrogen (secondary N) is 1. The third-order valence-electron chi connectivity index (χ3n) is 3.05. The van der Waals surface area contributed by atoms with Gasteiger partial charge in [-0.25, -0.2) is 0 Å². The van der Waals surface area contributed by atoms with Crippen molar-refractivity contribution in [3.05, 3.63) is 11.6 Å². The van der Waals surface area contributed by atoms with Gasteiger partial charge in [0.25, 0.3) is 0 Å². The molecule has 0 amide bonds. The molecule has 1 nitrogen and oxygen atoms in total. The summed E-state index contributed by atoms with van der Waals surface area (Å²) >= 11 is 0. The number of hydrogen-bond donors (Lipinski definition) is 1. The molecule has 0 bridgehead atoms. The molecular weight excluding hydrogens is 170 g/mol. The van der Waals surface area contributed by atoms with E-state index in [0.29, 0.717) is 6.04 Å². The minimum absolute atomic E-state index is 0.698. The topological polar surface area (TPSA) is 12.0 Å². The molecule has 82 valence electrons. The first-order valence-electron chi connectivity index (χ1n) is 6.24. The molecule has 1 N–H and O–H groups in total. The highest BCUT2D eigenvalue weighted by molar-refractivity contribution is 5.05. The van der Waals surface area contributed by atoms with Gasteiger partial charge in [0.1, 0.15) is 0 Å². The molecule has 0 radical (unpaired) electrons. The smallest absolute Gasteiger partial charge is 0.00387 e. The Kier molecular flexibility index (Phi) is 5.93. The molecule has 0 saturated heterocycles. The molecule has 1 aliphatic rings. The summed E-state index contributed by atoms with van der Waals surface area (Å²) in [5.41, 5.74) is 1.69. The molecule has 0 aromatic rings. The third kappa shape index (κ3) is 4.80. The lowest BCUT2D eigenvalue weighted by Gasteiger charge is -2.15. The van der Waals surface area contributed by atoms with E-state index in [0.717, 1.165) is 0 Å². The molecule has 1 heteroatoms. The summed E-state index contributed by atoms with van der Waals surface area (Å²) in [7, 11) is 0. The van der Waals surface area contributed by atoms with Crippen LogP contribution >= 0.6 is 0 Å². The maximum Gasteiger partial charge on any atom is 0.00387 e. The minimum Gasteiger partial charge on any atom is -0.314 e. The fourth-order valence-corrected chi connectivity index (χ4v) is 2.15. The van der Waals surface area contributed by atoms with Crippen LogP contribution in [0.15, 0.2) is 11.6 Å². The lowest BCUT2D eigenvalue weighted by atomic mass is 9.97. The van der Waals surface area contributed by atoms with E-state index < -0.39 is 0 Å². The van der Waals surface area contributed by atoms with Crippen molar-refractivity contribution in [1.29, 1.82) is 0 Å². The Labute approximate surface area is 89.0 Å². The Morgan fingerprint density at radius 3 is 2.93 bits per heavy atom. The SMILES string of the molecule is CCCC(C)NCCC1=CCCCC1. The van der Waals surface area contributed by atoms with E-state index in [4.69, 9.17) is 0 Å². The van der Waals surface area contributed by atoms with Crippen LogP contribution in [0.2, 0.25) is 0 Å². The molecule has 0 aromatic carbocycles. The lowest BCUT2D eigenvalue weighted by Crippen LogP contribution is -2.27. The molecule has 0 fully saturated rings. The molecule has 0 saturated carbocycles. The lowest BCUT2D eigenvalue weighted by molar-refractivity contribution is 0.506. The second-order valence-corrected chi connectivity index (χ2v) is 4.50. The van der Waals surface area contributed by atoms with E-state index >= 15 is 0 Å². The van der Waals surface area contributed by atoms with Crippen molar-refractivity contribution in [3.63, 3.8) is 0 Å². The normalized spacial score (nSPS) is 19.1. The van der Waals surface area contributed by atoms with Gasteiger partial charge in [-0.3, -0.25) is 0 Å². The van der Waals surface area contributed by atoms with Gasteiger partial charge in [0.15, 0.2) is 0 Å². The Morgan fingerprint density at radius 1 is 1.43 bits per heavy atom. The highest BCUT2D eigenvalue weighted by Crippen LogP contribution is 2.19. The van der Waals surface area contributed by atoms with E-state index in [2.05, 4.69) is 25.2 Å². The summed E-state index contributed by atoms with van der Waals surface area (Å²) in [4.78, 5) is 0. The summed E-state index contributed by atoms with van der Waals surface area (Å²) in [6, 6.07) is 0.698. The van der Waals surface area contributed by atoms with Crippen molar-refractivity contribution in [2.75, 3.05) is 6.54 Å². The standard InChI is InChI=1S/C13H25N/c1-3-7-12(2)14-11-10-13-8-5-4-6-9-13/h8,12,14H,3-7,9-11H2,1-2H3. The van der Waals surface area contributed by atoms with Gasteiger partial charge >= 0.3 is 0 Å². The summed E-state index contributed by atoms with van der Waals surface area (Å²) in [5.74, 6) is 0. The monoisotopic (exact) mass is 195 g/mol. The van der Waals surface area contributed by atoms with Crippen LogP contribution in [0.5, 0.6) is 0 Å². The van der Waals surface area contributed by atoms with E-state index in [1.807, 2.05) is 0 Å². The third-order valence-corrected chi connectivity index (χ3v) is 3.05. The highest BCUT2D eigenvalue weighted by Gasteiger charge is 2.04. The van der Waals surface area contributed by atoms with E-state index in [-0.39, 0.29) is 0 Å². The molecule has 0 heterocycles. The maximum atomic E-state index is 3.59. The Hall–Kier alpha value is -0.300. The van der Waals surface area contributed by atoms with Crippen LogP contribution in [-0.4, -0.2) is 12.6 Å². The zero-order chi connectivity index (χ0) is 10.2. The number of rotatable bonds is 6. The molecule has 0 spiro atoms. The first-order valence-corrected chi connectivity index (χ1v) is 6.24. The second kappa shape index (κ2) is 7.05. The number of allylic oxidation sites excluding steroid dienone is 1. The molecule has 1 rings (SSSR count). The minimum atomic E-state index is 0.698. The van der Waals surface area contributed by atoms with Gasteiger partial charge in [-0.2, -0.15) is 0 Å². The van der Waals surface area contributed by atoms with E-state index in [1.54, 1.807) is 5.57 Å². The Morgan fingerprint density at radius 2 is 2.29 bits per heavy atom. The van der Waals surface area contributed by atoms with Gasteiger partial charge in [-0.15, -0.1) is 0 Å². The van der Waals surface area contributed by atoms with Crippen molar-refractivity contribution < 1.29 is 0 Å². The second-order valence-electron chi connectivity index (χ2n) is 4.50. The summed E-state index contributed by atoms with van der Waals surface area (Å²) in [5, 5.41) is 3.59. The van der Waals surface area contributed by atoms with Crippen LogP contribution in [-0.2, 0) is 0 Å². The van der Waals surface area contributed by atoms with Crippen molar-refractivity contribution in [2.45, 2.75) is 64.8 Å². The van der Waals surface area contributed by atoms with Gasteiger partial charge in [0.05, 0.1) is 0 Å². The largest absolute Gasteiger partial charge is 0.314 e. The predicted octanol–water partition coefficient (Wildman–Crippen LogP) is 3.66. The maximum absolute atomic E-state index is 3.59. The fourth-order valence-electron chi connectivity index (χ4n) is 2.15. The van der Waals surface area contributed by atoms with E-state index in [1.165, 1.54) is 51.5 Å². The van der Waals surface area contributed by atoms with Crippen molar-refractivity contribution >= 4 is 0 Å². The quantitative estimate of drug-likeness (QED) is 0.638. The van der Waals surface area contributed by atoms with Gasteiger partial charge < -0.3 is 5.32 Å². The van der Waals surface area contributed by atoms with Gasteiger partial charge in [0.2, 0.25) is 0 Å². The predicted molar refractivity (Wildman–Crippen MR) is 63.5 cm³/mol. The van der Waals surface area contributed by atoms with Gasteiger partial charge in [-0.1, -0.05) is 25.0 Å². The van der Waals surface area contributed by atoms with Gasteiger partial charge in [-0.05, 0) is 52.0 Å². The summed E-state index contributed by atoms with van der Waals surface area (Å²) in [6.45, 7) is 5.72. The van der Waals surface area contributed by atoms with Gasteiger partial charge in [0, 0.05) is 6.04 Å².